The smallest absolute Gasteiger partial charge is 0.350 e. The third-order valence-corrected chi connectivity index (χ3v) is 5.85. The normalized spacial score (nSPS) is 11.6. The van der Waals surface area contributed by atoms with E-state index < -0.39 is 23.7 Å². The summed E-state index contributed by atoms with van der Waals surface area (Å²) in [5, 5.41) is 14.5. The molecule has 10 heteroatoms. The highest BCUT2D eigenvalue weighted by molar-refractivity contribution is 6.32. The van der Waals surface area contributed by atoms with Crippen molar-refractivity contribution in [3.05, 3.63) is 79.2 Å². The van der Waals surface area contributed by atoms with Crippen molar-refractivity contribution >= 4 is 22.4 Å². The highest BCUT2D eigenvalue weighted by atomic mass is 35.5. The SMILES string of the molecule is CCn1c(CO)nn(-c2cc3c(C(C)C)cn(-c4nc(C)ccc4Cl)c(=O)c3cc2F)c1=O. The van der Waals surface area contributed by atoms with Crippen LogP contribution in [0.2, 0.25) is 5.02 Å². The Morgan fingerprint density at radius 1 is 1.18 bits per heavy atom. The Labute approximate surface area is 193 Å². The summed E-state index contributed by atoms with van der Waals surface area (Å²) in [5.74, 6) is -0.441. The molecule has 1 N–H and O–H groups in total. The van der Waals surface area contributed by atoms with Gasteiger partial charge in [-0.25, -0.2) is 14.2 Å². The summed E-state index contributed by atoms with van der Waals surface area (Å²) in [6, 6.07) is 5.95. The average Bonchev–Trinajstić information content (AvgIpc) is 3.10. The standard InChI is InChI=1S/C23H23ClFN5O3/c1-5-28-20(11-31)27-30(23(28)33)19-9-14-15(8-18(19)25)22(32)29(10-16(14)12(2)3)21-17(24)7-6-13(4)26-21/h6-10,12,31H,5,11H2,1-4H3. The van der Waals surface area contributed by atoms with Crippen molar-refractivity contribution in [3.63, 3.8) is 0 Å². The number of fused-ring (bicyclic) bond motifs is 1. The molecule has 172 valence electrons. The van der Waals surface area contributed by atoms with Crippen molar-refractivity contribution in [1.82, 2.24) is 23.9 Å². The molecule has 0 aliphatic carbocycles. The van der Waals surface area contributed by atoms with Crippen LogP contribution >= 0.6 is 11.6 Å². The monoisotopic (exact) mass is 471 g/mol. The van der Waals surface area contributed by atoms with Gasteiger partial charge >= 0.3 is 5.69 Å². The molecular formula is C23H23ClFN5O3. The van der Waals surface area contributed by atoms with E-state index in [-0.39, 0.29) is 35.2 Å². The molecule has 0 aliphatic rings. The number of halogens is 2. The number of nitrogens with zero attached hydrogens (tertiary/aromatic N) is 5. The molecule has 0 saturated carbocycles. The minimum atomic E-state index is -0.789. The molecule has 0 fully saturated rings. The fourth-order valence-corrected chi connectivity index (χ4v) is 4.07. The van der Waals surface area contributed by atoms with Crippen molar-refractivity contribution in [1.29, 1.82) is 0 Å². The lowest BCUT2D eigenvalue weighted by molar-refractivity contribution is 0.264. The lowest BCUT2D eigenvalue weighted by Gasteiger charge is -2.16. The van der Waals surface area contributed by atoms with Crippen LogP contribution < -0.4 is 11.2 Å². The second kappa shape index (κ2) is 8.57. The first kappa shape index (κ1) is 22.9. The number of hydrogen-bond donors (Lipinski definition) is 1. The second-order valence-electron chi connectivity index (χ2n) is 8.03. The minimum absolute atomic E-state index is 0.0424. The van der Waals surface area contributed by atoms with Crippen molar-refractivity contribution in [2.24, 2.45) is 0 Å². The maximum Gasteiger partial charge on any atom is 0.350 e. The first-order chi connectivity index (χ1) is 15.7. The van der Waals surface area contributed by atoms with Crippen LogP contribution in [0.25, 0.3) is 22.3 Å². The van der Waals surface area contributed by atoms with Gasteiger partial charge in [0.15, 0.2) is 11.6 Å². The van der Waals surface area contributed by atoms with Crippen LogP contribution in [-0.4, -0.2) is 29.0 Å². The maximum absolute atomic E-state index is 15.3. The maximum atomic E-state index is 15.3. The summed E-state index contributed by atoms with van der Waals surface area (Å²) in [7, 11) is 0. The molecule has 0 radical (unpaired) electrons. The Bertz CT molecular complexity index is 1500. The number of aliphatic hydroxyl groups is 1. The highest BCUT2D eigenvalue weighted by Gasteiger charge is 2.21. The quantitative estimate of drug-likeness (QED) is 0.481. The van der Waals surface area contributed by atoms with Crippen molar-refractivity contribution in [3.8, 4) is 11.5 Å². The largest absolute Gasteiger partial charge is 0.388 e. The number of pyridine rings is 2. The molecule has 8 nitrogen and oxygen atoms in total. The minimum Gasteiger partial charge on any atom is -0.388 e. The van der Waals surface area contributed by atoms with Crippen molar-refractivity contribution in [2.75, 3.05) is 0 Å². The first-order valence-electron chi connectivity index (χ1n) is 10.5. The van der Waals surface area contributed by atoms with Gasteiger partial charge in [0.05, 0.1) is 10.4 Å². The highest BCUT2D eigenvalue weighted by Crippen LogP contribution is 2.29. The van der Waals surface area contributed by atoms with Crippen LogP contribution in [0.5, 0.6) is 0 Å². The molecule has 0 atom stereocenters. The van der Waals surface area contributed by atoms with Crippen LogP contribution in [0.1, 0.15) is 43.8 Å². The van der Waals surface area contributed by atoms with E-state index >= 15 is 4.39 Å². The Hall–Kier alpha value is -3.30. The van der Waals surface area contributed by atoms with Crippen LogP contribution in [-0.2, 0) is 13.2 Å². The summed E-state index contributed by atoms with van der Waals surface area (Å²) >= 11 is 6.32. The first-order valence-corrected chi connectivity index (χ1v) is 10.9. The molecule has 0 aliphatic heterocycles. The Morgan fingerprint density at radius 3 is 2.52 bits per heavy atom. The van der Waals surface area contributed by atoms with E-state index in [2.05, 4.69) is 10.1 Å². The molecule has 4 aromatic rings. The fourth-order valence-electron chi connectivity index (χ4n) is 3.88. The van der Waals surface area contributed by atoms with Gasteiger partial charge in [0.1, 0.15) is 18.1 Å². The molecule has 3 aromatic heterocycles. The molecule has 0 amide bonds. The van der Waals surface area contributed by atoms with E-state index in [1.807, 2.05) is 13.8 Å². The molecule has 1 aromatic carbocycles. The summed E-state index contributed by atoms with van der Waals surface area (Å²) in [6.07, 6.45) is 1.65. The summed E-state index contributed by atoms with van der Waals surface area (Å²) < 4.78 is 18.8. The number of rotatable bonds is 5. The molecule has 0 bridgehead atoms. The summed E-state index contributed by atoms with van der Waals surface area (Å²) in [6.45, 7) is 7.22. The van der Waals surface area contributed by atoms with E-state index in [4.69, 9.17) is 11.6 Å². The van der Waals surface area contributed by atoms with Gasteiger partial charge in [0.2, 0.25) is 0 Å². The van der Waals surface area contributed by atoms with Crippen LogP contribution in [0.4, 0.5) is 4.39 Å². The molecular weight excluding hydrogens is 449 g/mol. The molecule has 3 heterocycles. The number of hydrogen-bond acceptors (Lipinski definition) is 5. The van der Waals surface area contributed by atoms with Gasteiger partial charge in [-0.05, 0) is 55.0 Å². The predicted octanol–water partition coefficient (Wildman–Crippen LogP) is 3.47. The average molecular weight is 472 g/mol. The van der Waals surface area contributed by atoms with Gasteiger partial charge in [-0.2, -0.15) is 4.68 Å². The number of aryl methyl sites for hydroxylation is 1. The molecule has 0 spiro atoms. The predicted molar refractivity (Wildman–Crippen MR) is 124 cm³/mol. The van der Waals surface area contributed by atoms with Gasteiger partial charge < -0.3 is 5.11 Å². The fraction of sp³-hybridized carbons (Fsp3) is 0.304. The van der Waals surface area contributed by atoms with Gasteiger partial charge in [-0.15, -0.1) is 5.10 Å². The third-order valence-electron chi connectivity index (χ3n) is 5.56. The van der Waals surface area contributed by atoms with Crippen LogP contribution in [0, 0.1) is 12.7 Å². The number of benzene rings is 1. The zero-order valence-electron chi connectivity index (χ0n) is 18.6. The van der Waals surface area contributed by atoms with E-state index in [9.17, 15) is 14.7 Å². The van der Waals surface area contributed by atoms with E-state index in [0.29, 0.717) is 16.1 Å². The number of aliphatic hydroxyl groups excluding tert-OH is 1. The molecule has 0 saturated heterocycles. The Kier molecular flexibility index (Phi) is 5.94. The van der Waals surface area contributed by atoms with Crippen LogP contribution in [0.15, 0.2) is 40.1 Å². The van der Waals surface area contributed by atoms with Crippen LogP contribution in [0.3, 0.4) is 0 Å². The van der Waals surface area contributed by atoms with Gasteiger partial charge in [0.25, 0.3) is 5.56 Å². The molecule has 33 heavy (non-hydrogen) atoms. The van der Waals surface area contributed by atoms with Crippen molar-refractivity contribution < 1.29 is 9.50 Å². The van der Waals surface area contributed by atoms with E-state index in [0.717, 1.165) is 16.3 Å². The Morgan fingerprint density at radius 2 is 1.91 bits per heavy atom. The van der Waals surface area contributed by atoms with Crippen molar-refractivity contribution in [2.45, 2.75) is 46.8 Å². The molecule has 4 rings (SSSR count). The van der Waals surface area contributed by atoms with E-state index in [1.54, 1.807) is 32.2 Å². The van der Waals surface area contributed by atoms with E-state index in [1.165, 1.54) is 15.2 Å². The zero-order valence-corrected chi connectivity index (χ0v) is 19.4. The topological polar surface area (TPSA) is 94.9 Å². The lowest BCUT2D eigenvalue weighted by Crippen LogP contribution is -2.25. The summed E-state index contributed by atoms with van der Waals surface area (Å²) in [4.78, 5) is 30.5. The molecule has 0 unspecified atom stereocenters. The number of aromatic nitrogens is 5. The lowest BCUT2D eigenvalue weighted by atomic mass is 9.97. The van der Waals surface area contributed by atoms with Gasteiger partial charge in [-0.3, -0.25) is 13.9 Å². The summed E-state index contributed by atoms with van der Waals surface area (Å²) in [5.41, 5.74) is 0.271. The second-order valence-corrected chi connectivity index (χ2v) is 8.44. The van der Waals surface area contributed by atoms with Gasteiger partial charge in [-0.1, -0.05) is 25.4 Å². The third kappa shape index (κ3) is 3.77. The zero-order chi connectivity index (χ0) is 24.0. The Balaban J connectivity index is 2.06. The van der Waals surface area contributed by atoms with Gasteiger partial charge in [0, 0.05) is 18.4 Å².